The van der Waals surface area contributed by atoms with Gasteiger partial charge >= 0.3 is 0 Å². The predicted molar refractivity (Wildman–Crippen MR) is 72.1 cm³/mol. The van der Waals surface area contributed by atoms with E-state index in [0.717, 1.165) is 43.5 Å². The Kier molecular flexibility index (Phi) is 3.84. The molecule has 2 heterocycles. The van der Waals surface area contributed by atoms with Crippen molar-refractivity contribution in [3.63, 3.8) is 0 Å². The van der Waals surface area contributed by atoms with E-state index in [1.54, 1.807) is 6.20 Å². The quantitative estimate of drug-likeness (QED) is 0.859. The Morgan fingerprint density at radius 3 is 2.53 bits per heavy atom. The molecule has 1 aromatic heterocycles. The van der Waals surface area contributed by atoms with Crippen LogP contribution in [0, 0.1) is 5.92 Å². The third kappa shape index (κ3) is 3.33. The van der Waals surface area contributed by atoms with Crippen LogP contribution < -0.4 is 10.6 Å². The summed E-state index contributed by atoms with van der Waals surface area (Å²) in [6.07, 6.45) is 3.59. The molecular weight excluding hydrogens is 212 g/mol. The van der Waals surface area contributed by atoms with Gasteiger partial charge in [0, 0.05) is 38.9 Å². The van der Waals surface area contributed by atoms with Crippen molar-refractivity contribution in [3.05, 3.63) is 18.5 Å². The average Bonchev–Trinajstić information content (AvgIpc) is 2.29. The number of hydrogen-bond acceptors (Lipinski definition) is 4. The van der Waals surface area contributed by atoms with Crippen LogP contribution in [0.2, 0.25) is 0 Å². The van der Waals surface area contributed by atoms with Gasteiger partial charge in [0.25, 0.3) is 0 Å². The molecule has 94 valence electrons. The number of nitrogen functional groups attached to an aromatic ring is 1. The molecule has 4 nitrogen and oxygen atoms in total. The number of aromatic nitrogens is 1. The first-order valence-electron chi connectivity index (χ1n) is 6.33. The third-order valence-electron chi connectivity index (χ3n) is 3.11. The van der Waals surface area contributed by atoms with Gasteiger partial charge in [0.05, 0.1) is 17.6 Å². The van der Waals surface area contributed by atoms with Gasteiger partial charge in [-0.3, -0.25) is 9.88 Å². The maximum absolute atomic E-state index is 5.76. The van der Waals surface area contributed by atoms with Crippen LogP contribution in [-0.2, 0) is 0 Å². The Morgan fingerprint density at radius 2 is 1.94 bits per heavy atom. The van der Waals surface area contributed by atoms with E-state index in [1.165, 1.54) is 6.54 Å². The smallest absolute Gasteiger partial charge is 0.0574 e. The minimum Gasteiger partial charge on any atom is -0.397 e. The van der Waals surface area contributed by atoms with Crippen molar-refractivity contribution in [2.24, 2.45) is 5.92 Å². The summed E-state index contributed by atoms with van der Waals surface area (Å²) in [5, 5.41) is 0. The predicted octanol–water partition coefficient (Wildman–Crippen LogP) is 1.44. The zero-order chi connectivity index (χ0) is 12.3. The molecule has 1 fully saturated rings. The summed E-state index contributed by atoms with van der Waals surface area (Å²) in [4.78, 5) is 9.04. The lowest BCUT2D eigenvalue weighted by atomic mass is 10.2. The number of nitrogens with two attached hydrogens (primary N) is 1. The van der Waals surface area contributed by atoms with Gasteiger partial charge in [0.1, 0.15) is 0 Å². The van der Waals surface area contributed by atoms with E-state index in [2.05, 4.69) is 28.6 Å². The fourth-order valence-corrected chi connectivity index (χ4v) is 2.32. The minimum absolute atomic E-state index is 0.743. The summed E-state index contributed by atoms with van der Waals surface area (Å²) in [5.74, 6) is 0.746. The van der Waals surface area contributed by atoms with E-state index in [9.17, 15) is 0 Å². The molecule has 0 aliphatic carbocycles. The number of piperazine rings is 1. The van der Waals surface area contributed by atoms with Gasteiger partial charge in [-0.2, -0.15) is 0 Å². The maximum atomic E-state index is 5.76. The molecule has 1 aliphatic rings. The lowest BCUT2D eigenvalue weighted by molar-refractivity contribution is 0.231. The first-order chi connectivity index (χ1) is 8.15. The minimum atomic E-state index is 0.743. The van der Waals surface area contributed by atoms with Gasteiger partial charge in [-0.25, -0.2) is 0 Å². The van der Waals surface area contributed by atoms with Crippen molar-refractivity contribution in [2.45, 2.75) is 13.8 Å². The molecule has 1 saturated heterocycles. The summed E-state index contributed by atoms with van der Waals surface area (Å²) in [6, 6.07) is 2.01. The SMILES string of the molecule is CC(C)CN1CCN(c2cncc(N)c2)CC1. The third-order valence-corrected chi connectivity index (χ3v) is 3.11. The number of pyridine rings is 1. The first kappa shape index (κ1) is 12.2. The van der Waals surface area contributed by atoms with Crippen molar-refractivity contribution >= 4 is 11.4 Å². The monoisotopic (exact) mass is 234 g/mol. The largest absolute Gasteiger partial charge is 0.397 e. The van der Waals surface area contributed by atoms with Crippen LogP contribution in [0.25, 0.3) is 0 Å². The van der Waals surface area contributed by atoms with Crippen molar-refractivity contribution in [1.82, 2.24) is 9.88 Å². The second-order valence-electron chi connectivity index (χ2n) is 5.16. The van der Waals surface area contributed by atoms with Crippen LogP contribution >= 0.6 is 0 Å². The van der Waals surface area contributed by atoms with Gasteiger partial charge in [0.2, 0.25) is 0 Å². The van der Waals surface area contributed by atoms with Crippen molar-refractivity contribution < 1.29 is 0 Å². The molecule has 0 bridgehead atoms. The maximum Gasteiger partial charge on any atom is 0.0574 e. The summed E-state index contributed by atoms with van der Waals surface area (Å²) < 4.78 is 0. The highest BCUT2D eigenvalue weighted by molar-refractivity contribution is 5.53. The second kappa shape index (κ2) is 5.36. The molecular formula is C13H22N4. The molecule has 0 saturated carbocycles. The highest BCUT2D eigenvalue weighted by atomic mass is 15.3. The average molecular weight is 234 g/mol. The Bertz CT molecular complexity index is 356. The molecule has 17 heavy (non-hydrogen) atoms. The van der Waals surface area contributed by atoms with Gasteiger partial charge < -0.3 is 10.6 Å². The molecule has 0 amide bonds. The molecule has 0 spiro atoms. The molecule has 0 aromatic carbocycles. The normalized spacial score (nSPS) is 17.7. The molecule has 2 N–H and O–H groups in total. The zero-order valence-corrected chi connectivity index (χ0v) is 10.8. The van der Waals surface area contributed by atoms with Crippen molar-refractivity contribution in [3.8, 4) is 0 Å². The second-order valence-corrected chi connectivity index (χ2v) is 5.16. The van der Waals surface area contributed by atoms with Crippen LogP contribution in [0.5, 0.6) is 0 Å². The van der Waals surface area contributed by atoms with E-state index < -0.39 is 0 Å². The van der Waals surface area contributed by atoms with Crippen LogP contribution in [-0.4, -0.2) is 42.6 Å². The molecule has 2 rings (SSSR count). The molecule has 0 atom stereocenters. The fraction of sp³-hybridized carbons (Fsp3) is 0.615. The van der Waals surface area contributed by atoms with Crippen LogP contribution in [0.1, 0.15) is 13.8 Å². The Morgan fingerprint density at radius 1 is 1.24 bits per heavy atom. The number of anilines is 2. The van der Waals surface area contributed by atoms with E-state index >= 15 is 0 Å². The summed E-state index contributed by atoms with van der Waals surface area (Å²) in [7, 11) is 0. The summed E-state index contributed by atoms with van der Waals surface area (Å²) in [6.45, 7) is 10.1. The molecule has 0 unspecified atom stereocenters. The Hall–Kier alpha value is -1.29. The number of rotatable bonds is 3. The van der Waals surface area contributed by atoms with E-state index in [-0.39, 0.29) is 0 Å². The molecule has 0 radical (unpaired) electrons. The lowest BCUT2D eigenvalue weighted by Gasteiger charge is -2.36. The topological polar surface area (TPSA) is 45.4 Å². The van der Waals surface area contributed by atoms with E-state index in [1.807, 2.05) is 12.3 Å². The van der Waals surface area contributed by atoms with Gasteiger partial charge in [-0.15, -0.1) is 0 Å². The van der Waals surface area contributed by atoms with Gasteiger partial charge in [-0.05, 0) is 12.0 Å². The standard InChI is InChI=1S/C13H22N4/c1-11(2)10-16-3-5-17(6-4-16)13-7-12(14)8-15-9-13/h7-9,11H,3-6,10,14H2,1-2H3. The van der Waals surface area contributed by atoms with Crippen molar-refractivity contribution in [1.29, 1.82) is 0 Å². The number of hydrogen-bond donors (Lipinski definition) is 1. The zero-order valence-electron chi connectivity index (χ0n) is 10.8. The molecule has 1 aromatic rings. The molecule has 4 heteroatoms. The van der Waals surface area contributed by atoms with Crippen LogP contribution in [0.4, 0.5) is 11.4 Å². The molecule has 1 aliphatic heterocycles. The number of nitrogens with zero attached hydrogens (tertiary/aromatic N) is 3. The van der Waals surface area contributed by atoms with Crippen molar-refractivity contribution in [2.75, 3.05) is 43.4 Å². The first-order valence-corrected chi connectivity index (χ1v) is 6.33. The highest BCUT2D eigenvalue weighted by Crippen LogP contribution is 2.17. The Balaban J connectivity index is 1.91. The lowest BCUT2D eigenvalue weighted by Crippen LogP contribution is -2.47. The highest BCUT2D eigenvalue weighted by Gasteiger charge is 2.17. The van der Waals surface area contributed by atoms with Crippen LogP contribution in [0.15, 0.2) is 18.5 Å². The van der Waals surface area contributed by atoms with Gasteiger partial charge in [0.15, 0.2) is 0 Å². The van der Waals surface area contributed by atoms with Crippen LogP contribution in [0.3, 0.4) is 0 Å². The van der Waals surface area contributed by atoms with E-state index in [4.69, 9.17) is 5.73 Å². The Labute approximate surface area is 103 Å². The fourth-order valence-electron chi connectivity index (χ4n) is 2.32. The van der Waals surface area contributed by atoms with E-state index in [0.29, 0.717) is 0 Å². The summed E-state index contributed by atoms with van der Waals surface area (Å²) in [5.41, 5.74) is 7.65. The summed E-state index contributed by atoms with van der Waals surface area (Å²) >= 11 is 0. The van der Waals surface area contributed by atoms with Gasteiger partial charge in [-0.1, -0.05) is 13.8 Å².